The molecule has 0 radical (unpaired) electrons. The van der Waals surface area contributed by atoms with Gasteiger partial charge in [-0.2, -0.15) is 0 Å². The maximum atomic E-state index is 7.22. The van der Waals surface area contributed by atoms with Crippen LogP contribution in [0, 0.1) is 71.0 Å². The van der Waals surface area contributed by atoms with E-state index in [1.54, 1.807) is 19.3 Å². The number of rotatable bonds is 8. The normalized spacial score (nSPS) is 54.5. The first-order chi connectivity index (χ1) is 18.6. The fourth-order valence-electron chi connectivity index (χ4n) is 14.1. The highest BCUT2D eigenvalue weighted by Gasteiger charge is 2.69. The minimum atomic E-state index is -2.29. The summed E-state index contributed by atoms with van der Waals surface area (Å²) in [6, 6.07) is 0. The maximum absolute atomic E-state index is 7.22. The van der Waals surface area contributed by atoms with Gasteiger partial charge in [0.15, 0.2) is 8.32 Å². The number of allylic oxidation sites excluding steroid dienone is 2. The Hall–Kier alpha value is 0.488. The number of fused-ring (bicyclic) bond motifs is 16. The molecule has 8 aliphatic carbocycles. The number of hydrogen-bond donors (Lipinski definition) is 0. The molecule has 7 heteroatoms. The molecule has 39 heavy (non-hydrogen) atoms. The van der Waals surface area contributed by atoms with Crippen LogP contribution in [0.5, 0.6) is 0 Å². The summed E-state index contributed by atoms with van der Waals surface area (Å²) in [6.45, 7) is 15.2. The van der Waals surface area contributed by atoms with Crippen molar-refractivity contribution >= 4 is 35.0 Å². The quantitative estimate of drug-likeness (QED) is 0.212. The molecule has 7 fully saturated rings. The van der Waals surface area contributed by atoms with Gasteiger partial charge in [0.05, 0.1) is 0 Å². The molecule has 17 atom stereocenters. The molecule has 0 amide bonds. The van der Waals surface area contributed by atoms with Crippen molar-refractivity contribution in [2.24, 2.45) is 71.0 Å². The van der Waals surface area contributed by atoms with E-state index in [0.29, 0.717) is 5.54 Å². The summed E-state index contributed by atoms with van der Waals surface area (Å²) < 4.78 is 20.9. The van der Waals surface area contributed by atoms with Crippen LogP contribution in [0.2, 0.25) is 55.9 Å². The van der Waals surface area contributed by atoms with Crippen LogP contribution in [0.25, 0.3) is 0 Å². The second-order valence-electron chi connectivity index (χ2n) is 17.1. The van der Waals surface area contributed by atoms with E-state index in [1.807, 2.05) is 7.11 Å². The predicted octanol–water partition coefficient (Wildman–Crippen LogP) is 7.57. The molecule has 0 spiro atoms. The first-order valence-corrected chi connectivity index (χ1v) is 27.6. The summed E-state index contributed by atoms with van der Waals surface area (Å²) in [5.41, 5.74) is 2.69. The van der Waals surface area contributed by atoms with Gasteiger partial charge in [-0.1, -0.05) is 25.2 Å². The lowest BCUT2D eigenvalue weighted by atomic mass is 9.72. The monoisotopic (exact) mass is 600 g/mol. The third-order valence-corrected chi connectivity index (χ3v) is 29.9. The lowest BCUT2D eigenvalue weighted by Gasteiger charge is -2.45. The second kappa shape index (κ2) is 9.25. The van der Waals surface area contributed by atoms with Crippen LogP contribution in [0.1, 0.15) is 51.4 Å². The molecule has 0 heterocycles. The molecule has 3 nitrogen and oxygen atoms in total. The molecule has 0 aromatic heterocycles. The van der Waals surface area contributed by atoms with Crippen LogP contribution >= 0.6 is 0 Å². The summed E-state index contributed by atoms with van der Waals surface area (Å²) in [6.07, 6.45) is 17.0. The molecule has 7 saturated carbocycles. The van der Waals surface area contributed by atoms with Crippen LogP contribution in [-0.2, 0) is 12.7 Å². The van der Waals surface area contributed by atoms with Crippen molar-refractivity contribution in [1.82, 2.24) is 0 Å². The standard InChI is InChI=1S/C32H56O3Si4/c1-33-39(7,35-37(4)34-38(5,6)29-15-18-11-25(29)22-10-8-9-21(18)22)30-16-19-12-27(30)32-23(19)17-26-24-13-20(31(26)32)14-28(24)36(2)3/h8,10,18-32,36-37H,9,11-17H2,1-7H3. The van der Waals surface area contributed by atoms with Gasteiger partial charge in [0.25, 0.3) is 9.28 Å². The Balaban J connectivity index is 0.953. The van der Waals surface area contributed by atoms with E-state index in [9.17, 15) is 0 Å². The Morgan fingerprint density at radius 3 is 2.15 bits per heavy atom. The van der Waals surface area contributed by atoms with Gasteiger partial charge in [-0.3, -0.25) is 0 Å². The molecule has 0 N–H and O–H groups in total. The first kappa shape index (κ1) is 27.1. The Labute approximate surface area is 244 Å². The summed E-state index contributed by atoms with van der Waals surface area (Å²) in [7, 11) is -4.36. The molecule has 6 bridgehead atoms. The molecule has 0 aliphatic heterocycles. The predicted molar refractivity (Wildman–Crippen MR) is 169 cm³/mol. The first-order valence-electron chi connectivity index (χ1n) is 17.2. The maximum Gasteiger partial charge on any atom is 0.329 e. The lowest BCUT2D eigenvalue weighted by molar-refractivity contribution is 0.137. The zero-order valence-corrected chi connectivity index (χ0v) is 30.2. The van der Waals surface area contributed by atoms with Crippen LogP contribution in [-0.4, -0.2) is 42.1 Å². The van der Waals surface area contributed by atoms with Gasteiger partial charge >= 0.3 is 8.56 Å². The Morgan fingerprint density at radius 2 is 1.38 bits per heavy atom. The zero-order valence-electron chi connectivity index (χ0n) is 25.9. The third kappa shape index (κ3) is 3.84. The van der Waals surface area contributed by atoms with E-state index < -0.39 is 35.0 Å². The molecule has 8 rings (SSSR count). The van der Waals surface area contributed by atoms with E-state index in [-0.39, 0.29) is 0 Å². The summed E-state index contributed by atoms with van der Waals surface area (Å²) >= 11 is 0. The smallest absolute Gasteiger partial charge is 0.329 e. The Kier molecular flexibility index (Phi) is 6.42. The van der Waals surface area contributed by atoms with Gasteiger partial charge in [-0.15, -0.1) is 0 Å². The van der Waals surface area contributed by atoms with Crippen molar-refractivity contribution < 1.29 is 12.7 Å². The van der Waals surface area contributed by atoms with E-state index in [4.69, 9.17) is 12.7 Å². The molecule has 8 aliphatic rings. The molecule has 0 aromatic rings. The largest absolute Gasteiger partial charge is 0.438 e. The summed E-state index contributed by atoms with van der Waals surface area (Å²) in [5.74, 6) is 12.0. The van der Waals surface area contributed by atoms with Crippen molar-refractivity contribution in [2.45, 2.75) is 107 Å². The highest BCUT2D eigenvalue weighted by atomic mass is 28.5. The van der Waals surface area contributed by atoms with Gasteiger partial charge < -0.3 is 12.7 Å². The van der Waals surface area contributed by atoms with Crippen LogP contribution in [0.3, 0.4) is 0 Å². The van der Waals surface area contributed by atoms with Crippen LogP contribution < -0.4 is 0 Å². The summed E-state index contributed by atoms with van der Waals surface area (Å²) in [4.78, 5) is 0. The molecule has 218 valence electrons. The molecule has 17 unspecified atom stereocenters. The average molecular weight is 601 g/mol. The van der Waals surface area contributed by atoms with E-state index in [1.165, 1.54) is 32.1 Å². The molecular weight excluding hydrogens is 545 g/mol. The second-order valence-corrected chi connectivity index (χ2v) is 30.6. The van der Waals surface area contributed by atoms with E-state index in [0.717, 1.165) is 82.1 Å². The SMILES string of the molecule is CO[Si](C)(O[SiH](C)O[Si](C)(C)C1CC2CC1C1C=CCC21)C1CC2CC1C1C2CC2C3CC(CC3[SiH](C)C)C21. The number of hydrogen-bond acceptors (Lipinski definition) is 3. The van der Waals surface area contributed by atoms with E-state index >= 15 is 0 Å². The fraction of sp³-hybridized carbons (Fsp3) is 0.938. The third-order valence-electron chi connectivity index (χ3n) is 15.2. The van der Waals surface area contributed by atoms with Crippen molar-refractivity contribution in [3.05, 3.63) is 12.2 Å². The van der Waals surface area contributed by atoms with Crippen molar-refractivity contribution in [1.29, 1.82) is 0 Å². The lowest BCUT2D eigenvalue weighted by Crippen LogP contribution is -2.53. The van der Waals surface area contributed by atoms with Crippen molar-refractivity contribution in [3.8, 4) is 0 Å². The van der Waals surface area contributed by atoms with Crippen LogP contribution in [0.4, 0.5) is 0 Å². The molecule has 0 saturated heterocycles. The minimum Gasteiger partial charge on any atom is -0.438 e. The van der Waals surface area contributed by atoms with Gasteiger partial charge in [-0.25, -0.2) is 0 Å². The van der Waals surface area contributed by atoms with Gasteiger partial charge in [0.2, 0.25) is 0 Å². The van der Waals surface area contributed by atoms with E-state index in [2.05, 4.69) is 51.4 Å². The average Bonchev–Trinajstić information content (AvgIpc) is 3.71. The molecular formula is C32H56O3Si4. The van der Waals surface area contributed by atoms with Gasteiger partial charge in [0.1, 0.15) is 0 Å². The highest BCUT2D eigenvalue weighted by molar-refractivity contribution is 6.81. The molecule has 0 aromatic carbocycles. The van der Waals surface area contributed by atoms with Gasteiger partial charge in [-0.05, 0) is 160 Å². The summed E-state index contributed by atoms with van der Waals surface area (Å²) in [5, 5.41) is 0. The van der Waals surface area contributed by atoms with Crippen molar-refractivity contribution in [2.75, 3.05) is 7.11 Å². The Bertz CT molecular complexity index is 1020. The van der Waals surface area contributed by atoms with Crippen molar-refractivity contribution in [3.63, 3.8) is 0 Å². The topological polar surface area (TPSA) is 27.7 Å². The minimum absolute atomic E-state index is 0.508. The highest BCUT2D eigenvalue weighted by Crippen LogP contribution is 2.75. The zero-order chi connectivity index (χ0) is 27.0. The Morgan fingerprint density at radius 1 is 0.667 bits per heavy atom. The van der Waals surface area contributed by atoms with Gasteiger partial charge in [0, 0.05) is 21.4 Å². The van der Waals surface area contributed by atoms with Crippen LogP contribution in [0.15, 0.2) is 12.2 Å². The fourth-order valence-corrected chi connectivity index (χ4v) is 29.4.